The second-order valence-corrected chi connectivity index (χ2v) is 11.0. The lowest BCUT2D eigenvalue weighted by molar-refractivity contribution is 0.0452. The van der Waals surface area contributed by atoms with Crippen LogP contribution in [0.25, 0.3) is 33.6 Å². The number of imidazole rings is 1. The van der Waals surface area contributed by atoms with Crippen LogP contribution >= 0.6 is 0 Å². The van der Waals surface area contributed by atoms with Crippen LogP contribution in [0.5, 0.6) is 5.75 Å². The van der Waals surface area contributed by atoms with Crippen LogP contribution < -0.4 is 10.1 Å². The third-order valence-electron chi connectivity index (χ3n) is 7.04. The van der Waals surface area contributed by atoms with E-state index in [0.29, 0.717) is 29.8 Å². The first-order valence-corrected chi connectivity index (χ1v) is 13.4. The Morgan fingerprint density at radius 1 is 1.18 bits per heavy atom. The number of hydrogen-bond donors (Lipinski definition) is 1. The van der Waals surface area contributed by atoms with E-state index in [1.54, 1.807) is 24.3 Å². The summed E-state index contributed by atoms with van der Waals surface area (Å²) in [7, 11) is 3.61. The van der Waals surface area contributed by atoms with Crippen LogP contribution in [-0.4, -0.2) is 67.8 Å². The molecule has 1 aliphatic rings. The lowest BCUT2D eigenvalue weighted by Crippen LogP contribution is -2.50. The van der Waals surface area contributed by atoms with Crippen molar-refractivity contribution >= 4 is 34.1 Å². The van der Waals surface area contributed by atoms with Crippen molar-refractivity contribution in [2.24, 2.45) is 7.05 Å². The normalized spacial score (nSPS) is 16.1. The molecule has 1 N–H and O–H groups in total. The van der Waals surface area contributed by atoms with Gasteiger partial charge in [-0.1, -0.05) is 0 Å². The van der Waals surface area contributed by atoms with Gasteiger partial charge in [-0.3, -0.25) is 4.79 Å². The average molecular weight is 533 g/mol. The number of piperidine rings is 1. The van der Waals surface area contributed by atoms with Crippen LogP contribution in [0.1, 0.15) is 50.9 Å². The molecule has 1 aromatic carbocycles. The third-order valence-corrected chi connectivity index (χ3v) is 7.04. The maximum atomic E-state index is 13.4. The molecule has 10 heteroatoms. The fourth-order valence-corrected chi connectivity index (χ4v) is 5.25. The zero-order valence-corrected chi connectivity index (χ0v) is 23.4. The molecule has 0 aliphatic carbocycles. The summed E-state index contributed by atoms with van der Waals surface area (Å²) in [5.74, 6) is 1.46. The van der Waals surface area contributed by atoms with Gasteiger partial charge in [-0.25, -0.2) is 14.8 Å². The predicted molar refractivity (Wildman–Crippen MR) is 150 cm³/mol. The molecule has 0 unspecified atom stereocenters. The smallest absolute Gasteiger partial charge is 0.407 e. The molecule has 0 radical (unpaired) electrons. The van der Waals surface area contributed by atoms with Gasteiger partial charge in [0.15, 0.2) is 11.5 Å². The highest BCUT2D eigenvalue weighted by Crippen LogP contribution is 2.31. The maximum absolute atomic E-state index is 13.4. The van der Waals surface area contributed by atoms with E-state index < -0.39 is 11.7 Å². The van der Waals surface area contributed by atoms with Gasteiger partial charge in [0.2, 0.25) is 0 Å². The van der Waals surface area contributed by atoms with E-state index in [0.717, 1.165) is 47.6 Å². The summed E-state index contributed by atoms with van der Waals surface area (Å²) in [4.78, 5) is 37.0. The summed E-state index contributed by atoms with van der Waals surface area (Å²) in [5.41, 5.74) is 3.31. The number of amides is 2. The largest absolute Gasteiger partial charge is 0.497 e. The quantitative estimate of drug-likeness (QED) is 0.398. The van der Waals surface area contributed by atoms with Gasteiger partial charge in [0.05, 0.1) is 23.9 Å². The second kappa shape index (κ2) is 10.2. The first-order valence-electron chi connectivity index (χ1n) is 13.4. The number of ether oxygens (including phenoxy) is 2. The number of hydrogen-bond acceptors (Lipinski definition) is 6. The number of benzene rings is 1. The van der Waals surface area contributed by atoms with Gasteiger partial charge >= 0.3 is 6.09 Å². The van der Waals surface area contributed by atoms with Gasteiger partial charge in [0.1, 0.15) is 16.9 Å². The number of nitrogens with one attached hydrogen (secondary N) is 1. The maximum Gasteiger partial charge on any atom is 0.407 e. The topological polar surface area (TPSA) is 104 Å². The van der Waals surface area contributed by atoms with E-state index in [-0.39, 0.29) is 11.9 Å². The highest BCUT2D eigenvalue weighted by molar-refractivity contribution is 5.97. The number of likely N-dealkylation sites (tertiary alicyclic amines) is 1. The lowest BCUT2D eigenvalue weighted by atomic mass is 10.0. The number of fused-ring (bicyclic) bond motifs is 2. The molecule has 2 amide bonds. The summed E-state index contributed by atoms with van der Waals surface area (Å²) in [6.45, 7) is 9.39. The molecular formula is C29H36N6O4. The minimum Gasteiger partial charge on any atom is -0.497 e. The molecule has 4 aromatic rings. The molecule has 10 nitrogen and oxygen atoms in total. The Bertz CT molecular complexity index is 1550. The molecule has 1 atom stereocenters. The Hall–Kier alpha value is -4.08. The number of carbonyl (C=O) groups excluding carboxylic acids is 2. The van der Waals surface area contributed by atoms with Crippen molar-refractivity contribution in [3.05, 3.63) is 42.1 Å². The van der Waals surface area contributed by atoms with Crippen LogP contribution in [0.4, 0.5) is 4.79 Å². The van der Waals surface area contributed by atoms with Crippen molar-refractivity contribution in [1.29, 1.82) is 0 Å². The molecule has 4 heterocycles. The van der Waals surface area contributed by atoms with Gasteiger partial charge in [0, 0.05) is 50.4 Å². The second-order valence-electron chi connectivity index (χ2n) is 11.0. The van der Waals surface area contributed by atoms with E-state index in [4.69, 9.17) is 14.5 Å². The van der Waals surface area contributed by atoms with Gasteiger partial charge in [-0.05, 0) is 64.8 Å². The Morgan fingerprint density at radius 2 is 1.97 bits per heavy atom. The molecule has 0 spiro atoms. The Labute approximate surface area is 227 Å². The molecule has 1 aliphatic heterocycles. The van der Waals surface area contributed by atoms with E-state index in [9.17, 15) is 9.59 Å². The zero-order valence-electron chi connectivity index (χ0n) is 23.4. The first-order chi connectivity index (χ1) is 18.6. The summed E-state index contributed by atoms with van der Waals surface area (Å²) in [6, 6.07) is 9.80. The van der Waals surface area contributed by atoms with Crippen molar-refractivity contribution in [1.82, 2.24) is 29.3 Å². The summed E-state index contributed by atoms with van der Waals surface area (Å²) < 4.78 is 15.0. The number of carbonyl (C=O) groups is 2. The number of pyridine rings is 1. The van der Waals surface area contributed by atoms with Crippen LogP contribution in [-0.2, 0) is 18.3 Å². The third kappa shape index (κ3) is 5.28. The monoisotopic (exact) mass is 532 g/mol. The van der Waals surface area contributed by atoms with Crippen LogP contribution in [0, 0.1) is 0 Å². The number of nitrogens with zero attached hydrogens (tertiary/aromatic N) is 5. The standard InChI is InChI=1S/C29H36N6O4/c1-7-35-23-15-21(38-6)11-10-18(23)14-24(35)26-32-22-13-19(16-30-25(22)33(26)5)27(36)34-12-8-9-20(17-34)31-28(37)39-29(2,3)4/h10-11,13-16,20H,7-9,12,17H2,1-6H3,(H,31,37)/t20-/m1/s1. The molecule has 3 aromatic heterocycles. The summed E-state index contributed by atoms with van der Waals surface area (Å²) in [6.07, 6.45) is 2.73. The zero-order chi connectivity index (χ0) is 27.9. The fraction of sp³-hybridized carbons (Fsp3) is 0.448. The molecule has 5 rings (SSSR count). The number of aryl methyl sites for hydroxylation is 2. The molecular weight excluding hydrogens is 496 g/mol. The van der Waals surface area contributed by atoms with Crippen LogP contribution in [0.15, 0.2) is 36.5 Å². The van der Waals surface area contributed by atoms with Gasteiger partial charge in [-0.2, -0.15) is 0 Å². The number of alkyl carbamates (subject to hydrolysis) is 1. The molecule has 1 saturated heterocycles. The average Bonchev–Trinajstić information content (AvgIpc) is 3.43. The highest BCUT2D eigenvalue weighted by Gasteiger charge is 2.28. The minimum absolute atomic E-state index is 0.123. The fourth-order valence-electron chi connectivity index (χ4n) is 5.25. The highest BCUT2D eigenvalue weighted by atomic mass is 16.6. The van der Waals surface area contributed by atoms with E-state index >= 15 is 0 Å². The Morgan fingerprint density at radius 3 is 2.69 bits per heavy atom. The Kier molecular flexibility index (Phi) is 6.96. The van der Waals surface area contributed by atoms with Gasteiger partial charge in [-0.15, -0.1) is 0 Å². The van der Waals surface area contributed by atoms with Gasteiger partial charge < -0.3 is 28.8 Å². The predicted octanol–water partition coefficient (Wildman–Crippen LogP) is 4.75. The van der Waals surface area contributed by atoms with E-state index in [2.05, 4.69) is 27.9 Å². The SMILES string of the molecule is CCn1c(-c2nc3cc(C(=O)N4CCC[C@@H](NC(=O)OC(C)(C)C)C4)cnc3n2C)cc2ccc(OC)cc21. The summed E-state index contributed by atoms with van der Waals surface area (Å²) >= 11 is 0. The summed E-state index contributed by atoms with van der Waals surface area (Å²) in [5, 5.41) is 4.00. The minimum atomic E-state index is -0.574. The molecule has 39 heavy (non-hydrogen) atoms. The van der Waals surface area contributed by atoms with E-state index in [1.807, 2.05) is 50.6 Å². The van der Waals surface area contributed by atoms with Crippen molar-refractivity contribution in [3.63, 3.8) is 0 Å². The molecule has 0 saturated carbocycles. The molecule has 0 bridgehead atoms. The van der Waals surface area contributed by atoms with Crippen molar-refractivity contribution in [2.75, 3.05) is 20.2 Å². The van der Waals surface area contributed by atoms with Crippen LogP contribution in [0.3, 0.4) is 0 Å². The van der Waals surface area contributed by atoms with Gasteiger partial charge in [0.25, 0.3) is 5.91 Å². The first kappa shape index (κ1) is 26.5. The van der Waals surface area contributed by atoms with E-state index in [1.165, 1.54) is 0 Å². The van der Waals surface area contributed by atoms with Crippen LogP contribution in [0.2, 0.25) is 0 Å². The number of rotatable bonds is 5. The van der Waals surface area contributed by atoms with Crippen molar-refractivity contribution in [2.45, 2.75) is 58.7 Å². The molecule has 1 fully saturated rings. The lowest BCUT2D eigenvalue weighted by Gasteiger charge is -2.33. The van der Waals surface area contributed by atoms with Crippen molar-refractivity contribution in [3.8, 4) is 17.3 Å². The Balaban J connectivity index is 1.40. The number of methoxy groups -OCH3 is 1. The number of aromatic nitrogens is 4. The van der Waals surface area contributed by atoms with Crippen molar-refractivity contribution < 1.29 is 19.1 Å². The molecule has 206 valence electrons.